The van der Waals surface area contributed by atoms with Crippen LogP contribution >= 0.6 is 46.4 Å². The predicted molar refractivity (Wildman–Crippen MR) is 131 cm³/mol. The molecule has 9 heteroatoms. The minimum atomic E-state index is -0.309. The molecule has 3 atom stereocenters. The van der Waals surface area contributed by atoms with E-state index in [9.17, 15) is 0 Å². The Labute approximate surface area is 213 Å². The molecule has 2 aromatic carbocycles. The number of rotatable bonds is 9. The van der Waals surface area contributed by atoms with Gasteiger partial charge in [0, 0.05) is 38.9 Å². The van der Waals surface area contributed by atoms with Crippen LogP contribution in [0.5, 0.6) is 0 Å². The summed E-state index contributed by atoms with van der Waals surface area (Å²) in [5.74, 6) is 0. The molecule has 0 bridgehead atoms. The Morgan fingerprint density at radius 2 is 1.73 bits per heavy atom. The first-order valence-corrected chi connectivity index (χ1v) is 12.2. The Bertz CT molecular complexity index is 1050. The molecule has 3 aromatic rings. The van der Waals surface area contributed by atoms with Crippen LogP contribution in [0.3, 0.4) is 0 Å². The van der Waals surface area contributed by atoms with Crippen LogP contribution in [-0.4, -0.2) is 28.6 Å². The lowest BCUT2D eigenvalue weighted by molar-refractivity contribution is -0.215. The number of imidazole rings is 1. The van der Waals surface area contributed by atoms with Crippen molar-refractivity contribution in [3.8, 4) is 0 Å². The van der Waals surface area contributed by atoms with E-state index >= 15 is 0 Å². The fourth-order valence-corrected chi connectivity index (χ4v) is 4.66. The second-order valence-electron chi connectivity index (χ2n) is 7.90. The molecule has 0 radical (unpaired) electrons. The lowest BCUT2D eigenvalue weighted by Gasteiger charge is -2.31. The van der Waals surface area contributed by atoms with Crippen molar-refractivity contribution < 1.29 is 14.2 Å². The first kappa shape index (κ1) is 24.8. The molecule has 2 unspecified atom stereocenters. The Balaban J connectivity index is 1.33. The van der Waals surface area contributed by atoms with Crippen LogP contribution in [0.25, 0.3) is 0 Å². The highest BCUT2D eigenvalue weighted by atomic mass is 35.5. The Hall–Kier alpha value is -1.31. The van der Waals surface area contributed by atoms with Gasteiger partial charge in [-0.3, -0.25) is 0 Å². The summed E-state index contributed by atoms with van der Waals surface area (Å²) in [7, 11) is 0. The molecule has 1 saturated heterocycles. The van der Waals surface area contributed by atoms with Gasteiger partial charge in [0.05, 0.1) is 25.6 Å². The minimum Gasteiger partial charge on any atom is -0.355 e. The van der Waals surface area contributed by atoms with Crippen molar-refractivity contribution in [1.29, 1.82) is 0 Å². The van der Waals surface area contributed by atoms with Gasteiger partial charge < -0.3 is 18.8 Å². The van der Waals surface area contributed by atoms with Crippen LogP contribution in [0.4, 0.5) is 0 Å². The van der Waals surface area contributed by atoms with Gasteiger partial charge in [0.15, 0.2) is 6.29 Å². The molecular weight excluding hydrogens is 506 g/mol. The van der Waals surface area contributed by atoms with E-state index in [1.807, 2.05) is 29.0 Å². The smallest absolute Gasteiger partial charge is 0.158 e. The molecule has 5 nitrogen and oxygen atoms in total. The van der Waals surface area contributed by atoms with Crippen molar-refractivity contribution >= 4 is 46.4 Å². The maximum Gasteiger partial charge on any atom is 0.158 e. The van der Waals surface area contributed by atoms with Crippen LogP contribution < -0.4 is 0 Å². The fraction of sp³-hybridized carbons (Fsp3) is 0.375. The number of ether oxygens (including phenoxy) is 3. The number of hydrogen-bond donors (Lipinski definition) is 0. The maximum atomic E-state index is 6.39. The van der Waals surface area contributed by atoms with Gasteiger partial charge in [-0.1, -0.05) is 58.5 Å². The molecule has 2 heterocycles. The Morgan fingerprint density at radius 3 is 2.39 bits per heavy atom. The summed E-state index contributed by atoms with van der Waals surface area (Å²) in [6, 6.07) is 10.9. The molecule has 176 valence electrons. The molecule has 0 N–H and O–H groups in total. The molecule has 1 aromatic heterocycles. The molecule has 1 aliphatic rings. The number of halogens is 4. The van der Waals surface area contributed by atoms with Crippen molar-refractivity contribution in [2.24, 2.45) is 0 Å². The van der Waals surface area contributed by atoms with Gasteiger partial charge in [-0.25, -0.2) is 4.98 Å². The number of aromatic nitrogens is 2. The van der Waals surface area contributed by atoms with Gasteiger partial charge in [0.1, 0.15) is 6.23 Å². The predicted octanol–water partition coefficient (Wildman–Crippen LogP) is 7.37. The van der Waals surface area contributed by atoms with Gasteiger partial charge in [-0.2, -0.15) is 0 Å². The third-order valence-electron chi connectivity index (χ3n) is 5.49. The zero-order valence-corrected chi connectivity index (χ0v) is 20.8. The van der Waals surface area contributed by atoms with Crippen LogP contribution in [0, 0.1) is 0 Å². The standard InChI is InChI=1S/C24H24Cl4N2O3/c25-18-6-4-16(21(27)11-18)10-23(30-9-8-29-15-30)31-14-20-2-1-3-24(33-20)32-13-17-5-7-19(26)12-22(17)28/h4-9,11-12,15,20,23-24H,1-3,10,13-14H2/t20?,23?,24-/m0/s1. The Kier molecular flexibility index (Phi) is 8.94. The van der Waals surface area contributed by atoms with Gasteiger partial charge in [0.2, 0.25) is 0 Å². The number of nitrogens with zero attached hydrogens (tertiary/aromatic N) is 2. The van der Waals surface area contributed by atoms with E-state index < -0.39 is 0 Å². The average Bonchev–Trinajstić information content (AvgIpc) is 3.32. The highest BCUT2D eigenvalue weighted by molar-refractivity contribution is 6.35. The van der Waals surface area contributed by atoms with E-state index in [1.54, 1.807) is 30.7 Å². The van der Waals surface area contributed by atoms with Crippen molar-refractivity contribution in [2.75, 3.05) is 6.61 Å². The molecule has 1 aliphatic heterocycles. The van der Waals surface area contributed by atoms with Gasteiger partial charge in [0.25, 0.3) is 0 Å². The van der Waals surface area contributed by atoms with Crippen LogP contribution in [0.2, 0.25) is 20.1 Å². The summed E-state index contributed by atoms with van der Waals surface area (Å²) in [5.41, 5.74) is 1.83. The number of benzene rings is 2. The monoisotopic (exact) mass is 528 g/mol. The van der Waals surface area contributed by atoms with Crippen molar-refractivity contribution in [1.82, 2.24) is 9.55 Å². The molecular formula is C24H24Cl4N2O3. The summed E-state index contributed by atoms with van der Waals surface area (Å²) in [6.45, 7) is 0.788. The van der Waals surface area contributed by atoms with Crippen molar-refractivity contribution in [3.63, 3.8) is 0 Å². The van der Waals surface area contributed by atoms with E-state index in [4.69, 9.17) is 60.6 Å². The summed E-state index contributed by atoms with van der Waals surface area (Å²) in [6.07, 6.45) is 7.97. The zero-order valence-electron chi connectivity index (χ0n) is 17.8. The third-order valence-corrected chi connectivity index (χ3v) is 6.67. The van der Waals surface area contributed by atoms with Gasteiger partial charge in [-0.15, -0.1) is 0 Å². The molecule has 33 heavy (non-hydrogen) atoms. The van der Waals surface area contributed by atoms with Crippen LogP contribution in [-0.2, 0) is 27.2 Å². The summed E-state index contributed by atoms with van der Waals surface area (Å²) < 4.78 is 20.3. The van der Waals surface area contributed by atoms with E-state index in [-0.39, 0.29) is 18.6 Å². The van der Waals surface area contributed by atoms with E-state index in [2.05, 4.69) is 4.98 Å². The lowest BCUT2D eigenvalue weighted by atomic mass is 10.1. The zero-order chi connectivity index (χ0) is 23.2. The third kappa shape index (κ3) is 7.09. The van der Waals surface area contributed by atoms with Crippen molar-refractivity contribution in [3.05, 3.63) is 86.3 Å². The quantitative estimate of drug-likeness (QED) is 0.290. The second-order valence-corrected chi connectivity index (χ2v) is 9.59. The number of hydrogen-bond acceptors (Lipinski definition) is 4. The van der Waals surface area contributed by atoms with Crippen LogP contribution in [0.15, 0.2) is 55.1 Å². The first-order chi connectivity index (χ1) is 16.0. The first-order valence-electron chi connectivity index (χ1n) is 10.7. The molecule has 0 saturated carbocycles. The van der Waals surface area contributed by atoms with E-state index in [1.165, 1.54) is 0 Å². The van der Waals surface area contributed by atoms with Gasteiger partial charge in [-0.05, 0) is 54.7 Å². The highest BCUT2D eigenvalue weighted by Gasteiger charge is 2.25. The normalized spacial score (nSPS) is 19.5. The Morgan fingerprint density at radius 1 is 1.00 bits per heavy atom. The van der Waals surface area contributed by atoms with Crippen LogP contribution in [0.1, 0.15) is 36.6 Å². The van der Waals surface area contributed by atoms with E-state index in [0.29, 0.717) is 39.7 Å². The molecule has 0 aliphatic carbocycles. The lowest BCUT2D eigenvalue weighted by Crippen LogP contribution is -2.33. The van der Waals surface area contributed by atoms with Gasteiger partial charge >= 0.3 is 0 Å². The average molecular weight is 530 g/mol. The SMILES string of the molecule is Clc1ccc(CO[C@@H]2CCCC(COC(Cc3ccc(Cl)cc3Cl)n3ccnc3)O2)c(Cl)c1. The maximum absolute atomic E-state index is 6.39. The minimum absolute atomic E-state index is 0.0730. The topological polar surface area (TPSA) is 45.5 Å². The largest absolute Gasteiger partial charge is 0.355 e. The summed E-state index contributed by atoms with van der Waals surface area (Å²) in [4.78, 5) is 4.15. The molecule has 1 fully saturated rings. The second kappa shape index (κ2) is 11.9. The fourth-order valence-electron chi connectivity index (χ4n) is 3.71. The highest BCUT2D eigenvalue weighted by Crippen LogP contribution is 2.28. The summed E-state index contributed by atoms with van der Waals surface area (Å²) >= 11 is 24.6. The van der Waals surface area contributed by atoms with E-state index in [0.717, 1.165) is 30.4 Å². The molecule has 4 rings (SSSR count). The molecule has 0 spiro atoms. The summed E-state index contributed by atoms with van der Waals surface area (Å²) in [5, 5.41) is 2.40. The molecule has 0 amide bonds. The van der Waals surface area contributed by atoms with Crippen molar-refractivity contribution in [2.45, 2.75) is 50.9 Å².